The molecule has 3 heterocycles. The highest BCUT2D eigenvalue weighted by molar-refractivity contribution is 7.91. The fraction of sp³-hybridized carbons (Fsp3) is 0.462. The summed E-state index contributed by atoms with van der Waals surface area (Å²) in [4.78, 5) is 0. The largest absolute Gasteiger partial charge is 0.356 e. The highest BCUT2D eigenvalue weighted by Crippen LogP contribution is 2.30. The maximum Gasteiger partial charge on any atom is 0.252 e. The Hall–Kier alpha value is -1.18. The van der Waals surface area contributed by atoms with Crippen LogP contribution in [-0.4, -0.2) is 31.0 Å². The molecule has 3 rings (SSSR count). The Balaban J connectivity index is 1.87. The van der Waals surface area contributed by atoms with Gasteiger partial charge < -0.3 is 4.52 Å². The molecule has 0 bridgehead atoms. The lowest BCUT2D eigenvalue weighted by molar-refractivity contribution is 0.425. The minimum absolute atomic E-state index is 0.380. The van der Waals surface area contributed by atoms with Crippen molar-refractivity contribution in [2.24, 2.45) is 0 Å². The van der Waals surface area contributed by atoms with E-state index in [1.165, 1.54) is 11.3 Å². The van der Waals surface area contributed by atoms with Crippen molar-refractivity contribution in [1.29, 1.82) is 0 Å². The molecule has 7 heteroatoms. The van der Waals surface area contributed by atoms with Crippen LogP contribution in [0.2, 0.25) is 0 Å². The molecule has 0 aromatic carbocycles. The third-order valence-corrected chi connectivity index (χ3v) is 6.77. The van der Waals surface area contributed by atoms with Gasteiger partial charge in [0.05, 0.1) is 6.20 Å². The Morgan fingerprint density at radius 1 is 1.20 bits per heavy atom. The van der Waals surface area contributed by atoms with Crippen molar-refractivity contribution in [2.45, 2.75) is 29.9 Å². The van der Waals surface area contributed by atoms with E-state index in [0.717, 1.165) is 31.2 Å². The van der Waals surface area contributed by atoms with E-state index in [1.54, 1.807) is 28.0 Å². The topological polar surface area (TPSA) is 63.4 Å². The van der Waals surface area contributed by atoms with Crippen LogP contribution in [0, 0.1) is 0 Å². The number of hydrogen-bond donors (Lipinski definition) is 0. The molecule has 0 N–H and O–H groups in total. The van der Waals surface area contributed by atoms with Gasteiger partial charge in [0, 0.05) is 30.1 Å². The highest BCUT2D eigenvalue weighted by atomic mass is 32.2. The van der Waals surface area contributed by atoms with Crippen molar-refractivity contribution < 1.29 is 12.9 Å². The summed E-state index contributed by atoms with van der Waals surface area (Å²) in [6.07, 6.45) is 5.66. The van der Waals surface area contributed by atoms with E-state index in [9.17, 15) is 8.42 Å². The summed E-state index contributed by atoms with van der Waals surface area (Å²) in [5.74, 6) is 0.596. The van der Waals surface area contributed by atoms with Crippen molar-refractivity contribution in [3.8, 4) is 11.3 Å². The quantitative estimate of drug-likeness (QED) is 0.874. The van der Waals surface area contributed by atoms with Crippen LogP contribution in [0.4, 0.5) is 0 Å². The molecule has 5 nitrogen and oxygen atoms in total. The van der Waals surface area contributed by atoms with Crippen molar-refractivity contribution in [3.63, 3.8) is 0 Å². The molecular weight excluding hydrogens is 296 g/mol. The van der Waals surface area contributed by atoms with Gasteiger partial charge in [0.15, 0.2) is 5.76 Å². The molecule has 2 aromatic heterocycles. The van der Waals surface area contributed by atoms with Crippen LogP contribution in [0.15, 0.2) is 32.4 Å². The fourth-order valence-electron chi connectivity index (χ4n) is 2.36. The van der Waals surface area contributed by atoms with Crippen molar-refractivity contribution in [3.05, 3.63) is 23.7 Å². The van der Waals surface area contributed by atoms with Crippen LogP contribution in [-0.2, 0) is 10.0 Å². The van der Waals surface area contributed by atoms with Crippen LogP contribution in [0.25, 0.3) is 11.3 Å². The molecule has 1 aliphatic rings. The van der Waals surface area contributed by atoms with E-state index in [1.807, 2.05) is 0 Å². The minimum atomic E-state index is -3.37. The van der Waals surface area contributed by atoms with E-state index in [-0.39, 0.29) is 0 Å². The molecule has 0 unspecified atom stereocenters. The number of hydrogen-bond acceptors (Lipinski definition) is 5. The molecule has 0 radical (unpaired) electrons. The number of rotatable bonds is 3. The van der Waals surface area contributed by atoms with Gasteiger partial charge in [0.2, 0.25) is 0 Å². The molecule has 0 amide bonds. The zero-order chi connectivity index (χ0) is 14.0. The Bertz CT molecular complexity index is 654. The average Bonchev–Trinajstić information content (AvgIpc) is 3.04. The van der Waals surface area contributed by atoms with Gasteiger partial charge in [-0.2, -0.15) is 4.31 Å². The van der Waals surface area contributed by atoms with E-state index < -0.39 is 10.0 Å². The van der Waals surface area contributed by atoms with Crippen LogP contribution >= 0.6 is 11.3 Å². The molecular formula is C13H16N2O3S2. The van der Waals surface area contributed by atoms with Crippen LogP contribution in [0.5, 0.6) is 0 Å². The third-order valence-electron chi connectivity index (χ3n) is 3.46. The second-order valence-electron chi connectivity index (χ2n) is 4.85. The molecule has 20 heavy (non-hydrogen) atoms. The van der Waals surface area contributed by atoms with Gasteiger partial charge in [-0.25, -0.2) is 8.42 Å². The molecule has 0 spiro atoms. The second-order valence-corrected chi connectivity index (χ2v) is 7.93. The maximum atomic E-state index is 12.6. The summed E-state index contributed by atoms with van der Waals surface area (Å²) in [6, 6.07) is 3.40. The lowest BCUT2D eigenvalue weighted by atomic mass is 10.2. The minimum Gasteiger partial charge on any atom is -0.356 e. The van der Waals surface area contributed by atoms with Crippen molar-refractivity contribution in [2.75, 3.05) is 13.1 Å². The first-order valence-electron chi connectivity index (χ1n) is 6.68. The normalized spacial score (nSPS) is 18.0. The Kier molecular flexibility index (Phi) is 3.91. The number of nitrogens with zero attached hydrogens (tertiary/aromatic N) is 2. The summed E-state index contributed by atoms with van der Waals surface area (Å²) < 4.78 is 32.3. The second kappa shape index (κ2) is 5.67. The van der Waals surface area contributed by atoms with Gasteiger partial charge in [-0.05, 0) is 18.9 Å². The molecule has 1 fully saturated rings. The third kappa shape index (κ3) is 2.65. The number of thiophene rings is 1. The zero-order valence-electron chi connectivity index (χ0n) is 11.0. The van der Waals surface area contributed by atoms with Gasteiger partial charge in [-0.3, -0.25) is 0 Å². The molecule has 1 saturated heterocycles. The first-order chi connectivity index (χ1) is 9.68. The average molecular weight is 312 g/mol. The van der Waals surface area contributed by atoms with E-state index in [0.29, 0.717) is 23.1 Å². The number of sulfonamides is 1. The van der Waals surface area contributed by atoms with Crippen LogP contribution in [0.1, 0.15) is 25.7 Å². The standard InChI is InChI=1S/C13H16N2O3S2/c16-20(17,15-7-3-1-2-4-8-15)13-9-11(10-19-13)12-5-6-14-18-12/h5-6,9-10H,1-4,7-8H2. The molecule has 1 aliphatic heterocycles. The molecule has 0 atom stereocenters. The molecule has 0 saturated carbocycles. The lowest BCUT2D eigenvalue weighted by Crippen LogP contribution is -2.31. The van der Waals surface area contributed by atoms with Gasteiger partial charge in [-0.1, -0.05) is 18.0 Å². The zero-order valence-corrected chi connectivity index (χ0v) is 12.6. The molecule has 2 aromatic rings. The van der Waals surface area contributed by atoms with E-state index in [4.69, 9.17) is 4.52 Å². The lowest BCUT2D eigenvalue weighted by Gasteiger charge is -2.18. The molecule has 0 aliphatic carbocycles. The Morgan fingerprint density at radius 3 is 2.60 bits per heavy atom. The van der Waals surface area contributed by atoms with Gasteiger partial charge >= 0.3 is 0 Å². The monoisotopic (exact) mass is 312 g/mol. The van der Waals surface area contributed by atoms with Gasteiger partial charge in [0.25, 0.3) is 10.0 Å². The summed E-state index contributed by atoms with van der Waals surface area (Å²) in [5.41, 5.74) is 0.765. The first-order valence-corrected chi connectivity index (χ1v) is 8.99. The van der Waals surface area contributed by atoms with Gasteiger partial charge in [-0.15, -0.1) is 11.3 Å². The summed E-state index contributed by atoms with van der Waals surface area (Å²) in [6.45, 7) is 1.25. The fourth-order valence-corrected chi connectivity index (χ4v) is 5.19. The number of aromatic nitrogens is 1. The highest BCUT2D eigenvalue weighted by Gasteiger charge is 2.27. The Morgan fingerprint density at radius 2 is 1.95 bits per heavy atom. The van der Waals surface area contributed by atoms with Crippen molar-refractivity contribution >= 4 is 21.4 Å². The van der Waals surface area contributed by atoms with Crippen LogP contribution in [0.3, 0.4) is 0 Å². The maximum absolute atomic E-state index is 12.6. The SMILES string of the molecule is O=S(=O)(c1cc(-c2ccno2)cs1)N1CCCCCC1. The van der Waals surface area contributed by atoms with E-state index in [2.05, 4.69) is 5.16 Å². The predicted molar refractivity (Wildman–Crippen MR) is 77.0 cm³/mol. The van der Waals surface area contributed by atoms with E-state index >= 15 is 0 Å². The van der Waals surface area contributed by atoms with Crippen LogP contribution < -0.4 is 0 Å². The van der Waals surface area contributed by atoms with Crippen molar-refractivity contribution in [1.82, 2.24) is 9.46 Å². The summed E-state index contributed by atoms with van der Waals surface area (Å²) in [5, 5.41) is 5.44. The summed E-state index contributed by atoms with van der Waals surface area (Å²) in [7, 11) is -3.37. The smallest absolute Gasteiger partial charge is 0.252 e. The first kappa shape index (κ1) is 13.8. The molecule has 108 valence electrons. The predicted octanol–water partition coefficient (Wildman–Crippen LogP) is 2.97. The summed E-state index contributed by atoms with van der Waals surface area (Å²) >= 11 is 1.24. The Labute approximate surface area is 122 Å². The van der Waals surface area contributed by atoms with Gasteiger partial charge in [0.1, 0.15) is 4.21 Å².